The molecule has 0 radical (unpaired) electrons. The molecule has 0 aromatic heterocycles. The summed E-state index contributed by atoms with van der Waals surface area (Å²) in [7, 11) is 1.80. The predicted molar refractivity (Wildman–Crippen MR) is 52.7 cm³/mol. The van der Waals surface area contributed by atoms with E-state index in [1.54, 1.807) is 7.05 Å². The van der Waals surface area contributed by atoms with Gasteiger partial charge in [0.2, 0.25) is 0 Å². The van der Waals surface area contributed by atoms with Crippen LogP contribution in [0.25, 0.3) is 0 Å². The molecule has 1 heterocycles. The van der Waals surface area contributed by atoms with Crippen LogP contribution in [0.3, 0.4) is 0 Å². The summed E-state index contributed by atoms with van der Waals surface area (Å²) in [6.07, 6.45) is 2.30. The van der Waals surface area contributed by atoms with Gasteiger partial charge in [0, 0.05) is 5.92 Å². The molecule has 14 heavy (non-hydrogen) atoms. The van der Waals surface area contributed by atoms with Gasteiger partial charge in [-0.2, -0.15) is 0 Å². The van der Waals surface area contributed by atoms with Crippen LogP contribution in [0.5, 0.6) is 0 Å². The van der Waals surface area contributed by atoms with Crippen LogP contribution in [0.4, 0.5) is 0 Å². The van der Waals surface area contributed by atoms with Crippen LogP contribution < -0.4 is 34.2 Å². The summed E-state index contributed by atoms with van der Waals surface area (Å²) < 4.78 is 7.66. The van der Waals surface area contributed by atoms with E-state index in [9.17, 15) is 5.21 Å². The summed E-state index contributed by atoms with van der Waals surface area (Å²) in [5.74, 6) is 0.554. The van der Waals surface area contributed by atoms with E-state index in [2.05, 4.69) is 32.6 Å². The Bertz CT molecular complexity index is 165. The second kappa shape index (κ2) is 6.69. The summed E-state index contributed by atoms with van der Waals surface area (Å²) in [6, 6.07) is 0. The van der Waals surface area contributed by atoms with Crippen LogP contribution >= 0.6 is 11.9 Å². The normalized spacial score (nSPS) is 34.9. The Balaban J connectivity index is 0. The van der Waals surface area contributed by atoms with Crippen molar-refractivity contribution in [3.05, 3.63) is 5.21 Å². The van der Waals surface area contributed by atoms with E-state index in [-0.39, 0.29) is 39.7 Å². The van der Waals surface area contributed by atoms with E-state index < -0.39 is 0 Å². The van der Waals surface area contributed by atoms with Gasteiger partial charge in [0.25, 0.3) is 0 Å². The summed E-state index contributed by atoms with van der Waals surface area (Å²) in [5, 5.41) is 11.9. The molecular weight excluding hydrogens is 213 g/mol. The molecule has 1 rings (SSSR count). The van der Waals surface area contributed by atoms with Gasteiger partial charge in [-0.25, -0.2) is 11.9 Å². The zero-order chi connectivity index (χ0) is 10.7. The first kappa shape index (κ1) is 17.6. The monoisotopic (exact) mass is 231 g/mol. The maximum atomic E-state index is 11.9. The molecule has 2 atom stereocenters. The molecule has 0 spiro atoms. The van der Waals surface area contributed by atoms with Crippen molar-refractivity contribution < 1.29 is 38.9 Å². The molecule has 1 aliphatic rings. The average Bonchev–Trinajstić information content (AvgIpc) is 2.05. The maximum absolute atomic E-state index is 11.9. The number of rotatable bonds is 0. The number of piperidine rings is 1. The minimum atomic E-state index is -0.0851. The number of halogens is 1. The Kier molecular flexibility index (Phi) is 8.39. The van der Waals surface area contributed by atoms with E-state index >= 15 is 0 Å². The van der Waals surface area contributed by atoms with Crippen molar-refractivity contribution in [1.82, 2.24) is 0 Å². The molecule has 1 saturated heterocycles. The fourth-order valence-electron chi connectivity index (χ4n) is 1.81. The molecule has 0 aromatic carbocycles. The summed E-state index contributed by atoms with van der Waals surface area (Å²) in [6.45, 7) is 7.15. The minimum Gasteiger partial charge on any atom is -0.769 e. The Morgan fingerprint density at radius 3 is 2.07 bits per heavy atom. The van der Waals surface area contributed by atoms with Gasteiger partial charge in [0.15, 0.2) is 0 Å². The second-order valence-corrected chi connectivity index (χ2v) is 4.52. The van der Waals surface area contributed by atoms with Crippen molar-refractivity contribution in [3.8, 4) is 0 Å². The number of nitrogens with zero attached hydrogens (tertiary/aromatic N) is 1. The van der Waals surface area contributed by atoms with E-state index in [1.165, 1.54) is 6.42 Å². The van der Waals surface area contributed by atoms with Crippen molar-refractivity contribution in [3.63, 3.8) is 0 Å². The number of likely N-dealkylation sites (tertiary alicyclic amines) is 1. The summed E-state index contributed by atoms with van der Waals surface area (Å²) in [5.41, 5.74) is -0.0851. The van der Waals surface area contributed by atoms with Crippen LogP contribution in [-0.4, -0.2) is 23.8 Å². The minimum absolute atomic E-state index is 0. The first-order valence-corrected chi connectivity index (χ1v) is 4.91. The average molecular weight is 232 g/mol. The molecule has 3 nitrogen and oxygen atoms in total. The Morgan fingerprint density at radius 1 is 1.36 bits per heavy atom. The summed E-state index contributed by atoms with van der Waals surface area (Å²) in [4.78, 5) is 0. The number of quaternary nitrogens is 1. The van der Waals surface area contributed by atoms with Gasteiger partial charge in [0.1, 0.15) is 0 Å². The van der Waals surface area contributed by atoms with E-state index in [4.69, 9.17) is 4.66 Å². The molecule has 0 saturated carbocycles. The largest absolute Gasteiger partial charge is 1.00 e. The third kappa shape index (κ3) is 3.63. The van der Waals surface area contributed by atoms with Crippen LogP contribution in [0.1, 0.15) is 33.6 Å². The molecule has 0 aliphatic carbocycles. The van der Waals surface area contributed by atoms with Crippen LogP contribution in [-0.2, 0) is 0 Å². The van der Waals surface area contributed by atoms with Crippen LogP contribution in [0.15, 0.2) is 0 Å². The Labute approximate surface area is 114 Å². The smallest absolute Gasteiger partial charge is 0.769 e. The van der Waals surface area contributed by atoms with E-state index in [0.29, 0.717) is 5.92 Å². The molecule has 0 aromatic rings. The molecule has 1 fully saturated rings. The molecule has 80 valence electrons. The maximum Gasteiger partial charge on any atom is 1.00 e. The van der Waals surface area contributed by atoms with Gasteiger partial charge in [-0.1, -0.05) is 6.92 Å². The van der Waals surface area contributed by atoms with Gasteiger partial charge >= 0.3 is 29.6 Å². The topological polar surface area (TPSA) is 46.1 Å². The third-order valence-electron chi connectivity index (χ3n) is 3.65. The van der Waals surface area contributed by atoms with Crippen molar-refractivity contribution in [2.45, 2.75) is 39.2 Å². The van der Waals surface area contributed by atoms with Crippen LogP contribution in [0.2, 0.25) is 0 Å². The molecule has 5 heteroatoms. The number of hydrogen-bond donors (Lipinski definition) is 0. The van der Waals surface area contributed by atoms with E-state index in [0.717, 1.165) is 13.0 Å². The molecule has 2 unspecified atom stereocenters. The fourth-order valence-corrected chi connectivity index (χ4v) is 1.81. The number of hydroxylamine groups is 3. The first-order valence-electron chi connectivity index (χ1n) is 4.60. The van der Waals surface area contributed by atoms with Gasteiger partial charge in [-0.3, -0.25) is 0 Å². The van der Waals surface area contributed by atoms with Crippen molar-refractivity contribution in [2.24, 2.45) is 5.92 Å². The first-order chi connectivity index (χ1) is 5.88. The molecule has 0 amide bonds. The van der Waals surface area contributed by atoms with Crippen LogP contribution in [0, 0.1) is 11.1 Å². The van der Waals surface area contributed by atoms with Gasteiger partial charge in [0.05, 0.1) is 19.1 Å². The summed E-state index contributed by atoms with van der Waals surface area (Å²) >= 11 is 3.39. The molecule has 0 N–H and O–H groups in total. The molecule has 1 aliphatic heterocycles. The fraction of sp³-hybridized carbons (Fsp3) is 1.00. The standard InChI is InChI=1S/C9H19NO.ClO.Na/c1-8-6-5-7-10(4,11)9(8,2)3;1-2;/h8H,5-7H2,1-4H3;;/q;-1;+1. The number of hydrogen-bond acceptors (Lipinski definition) is 2. The third-order valence-corrected chi connectivity index (χ3v) is 3.65. The zero-order valence-electron chi connectivity index (χ0n) is 9.84. The van der Waals surface area contributed by atoms with Crippen molar-refractivity contribution >= 4 is 11.9 Å². The zero-order valence-corrected chi connectivity index (χ0v) is 12.6. The SMILES string of the molecule is CC1CCC[N+](C)([O-])C1(C)C.[Na+].[O-]Cl. The van der Waals surface area contributed by atoms with Gasteiger partial charge < -0.3 is 14.5 Å². The second-order valence-electron chi connectivity index (χ2n) is 4.52. The van der Waals surface area contributed by atoms with E-state index in [1.807, 2.05) is 0 Å². The Morgan fingerprint density at radius 2 is 1.79 bits per heavy atom. The molecular formula is C9H19ClNNaO2. The van der Waals surface area contributed by atoms with Gasteiger partial charge in [-0.05, 0) is 26.7 Å². The van der Waals surface area contributed by atoms with Crippen molar-refractivity contribution in [1.29, 1.82) is 0 Å². The Hall–Kier alpha value is 1.17. The molecule has 0 bridgehead atoms. The predicted octanol–water partition coefficient (Wildman–Crippen LogP) is -1.36. The quantitative estimate of drug-likeness (QED) is 0.294. The van der Waals surface area contributed by atoms with Gasteiger partial charge in [-0.15, -0.1) is 0 Å². The van der Waals surface area contributed by atoms with Crippen molar-refractivity contribution in [2.75, 3.05) is 13.6 Å².